The van der Waals surface area contributed by atoms with Gasteiger partial charge in [0.2, 0.25) is 0 Å². The van der Waals surface area contributed by atoms with Crippen molar-refractivity contribution in [1.29, 1.82) is 0 Å². The van der Waals surface area contributed by atoms with Crippen LogP contribution in [0.1, 0.15) is 13.3 Å². The molecule has 0 heterocycles. The molecule has 0 radical (unpaired) electrons. The van der Waals surface area contributed by atoms with Gasteiger partial charge in [-0.15, -0.1) is 0 Å². The van der Waals surface area contributed by atoms with Crippen LogP contribution in [0, 0.1) is 5.82 Å². The molecule has 2 N–H and O–H groups in total. The number of nitrogen functional groups attached to an aromatic ring is 1. The van der Waals surface area contributed by atoms with Gasteiger partial charge >= 0.3 is 0 Å². The summed E-state index contributed by atoms with van der Waals surface area (Å²) >= 11 is 3.12. The molecule has 0 aliphatic carbocycles. The smallest absolute Gasteiger partial charge is 0.137 e. The van der Waals surface area contributed by atoms with Crippen LogP contribution >= 0.6 is 15.9 Å². The van der Waals surface area contributed by atoms with Crippen molar-refractivity contribution in [3.8, 4) is 17.2 Å². The van der Waals surface area contributed by atoms with E-state index in [-0.39, 0.29) is 5.82 Å². The summed E-state index contributed by atoms with van der Waals surface area (Å²) in [5.41, 5.74) is 6.36. The third-order valence-corrected chi connectivity index (χ3v) is 3.11. The minimum atomic E-state index is -0.336. The van der Waals surface area contributed by atoms with E-state index < -0.39 is 0 Å². The Kier molecular flexibility index (Phi) is 4.84. The summed E-state index contributed by atoms with van der Waals surface area (Å²) in [5, 5.41) is 0. The van der Waals surface area contributed by atoms with Gasteiger partial charge in [0.1, 0.15) is 23.1 Å². The van der Waals surface area contributed by atoms with Gasteiger partial charge in [0, 0.05) is 23.9 Å². The molecule has 0 bridgehead atoms. The first kappa shape index (κ1) is 14.7. The molecule has 2 rings (SSSR count). The summed E-state index contributed by atoms with van der Waals surface area (Å²) in [6.07, 6.45) is 0.913. The van der Waals surface area contributed by atoms with Gasteiger partial charge in [-0.1, -0.05) is 6.92 Å². The lowest BCUT2D eigenvalue weighted by molar-refractivity contribution is 0.316. The van der Waals surface area contributed by atoms with E-state index in [4.69, 9.17) is 15.2 Å². The molecule has 0 saturated heterocycles. The highest BCUT2D eigenvalue weighted by Gasteiger charge is 2.05. The Labute approximate surface area is 125 Å². The lowest BCUT2D eigenvalue weighted by Gasteiger charge is -2.10. The van der Waals surface area contributed by atoms with Crippen molar-refractivity contribution < 1.29 is 13.9 Å². The lowest BCUT2D eigenvalue weighted by atomic mass is 10.2. The van der Waals surface area contributed by atoms with Gasteiger partial charge in [0.15, 0.2) is 0 Å². The number of nitrogens with two attached hydrogens (primary N) is 1. The molecule has 0 fully saturated rings. The molecule has 0 aromatic heterocycles. The van der Waals surface area contributed by atoms with Crippen molar-refractivity contribution in [1.82, 2.24) is 0 Å². The van der Waals surface area contributed by atoms with Crippen molar-refractivity contribution in [2.24, 2.45) is 0 Å². The van der Waals surface area contributed by atoms with Crippen LogP contribution in [0.15, 0.2) is 40.9 Å². The molecular formula is C15H15BrFNO2. The average Bonchev–Trinajstić information content (AvgIpc) is 2.40. The van der Waals surface area contributed by atoms with E-state index in [0.717, 1.165) is 6.42 Å². The molecule has 0 aliphatic rings. The molecule has 2 aromatic carbocycles. The van der Waals surface area contributed by atoms with Crippen LogP contribution in [0.4, 0.5) is 10.1 Å². The second-order valence-electron chi connectivity index (χ2n) is 4.26. The minimum absolute atomic E-state index is 0.336. The van der Waals surface area contributed by atoms with Crippen molar-refractivity contribution in [2.45, 2.75) is 13.3 Å². The third-order valence-electron chi connectivity index (χ3n) is 2.50. The Morgan fingerprint density at radius 1 is 1.10 bits per heavy atom. The monoisotopic (exact) mass is 339 g/mol. The summed E-state index contributed by atoms with van der Waals surface area (Å²) in [4.78, 5) is 0. The second-order valence-corrected chi connectivity index (χ2v) is 5.12. The van der Waals surface area contributed by atoms with Crippen LogP contribution in [0.3, 0.4) is 0 Å². The summed E-state index contributed by atoms with van der Waals surface area (Å²) in [6, 6.07) is 9.63. The van der Waals surface area contributed by atoms with E-state index in [2.05, 4.69) is 15.9 Å². The first-order chi connectivity index (χ1) is 9.58. The summed E-state index contributed by atoms with van der Waals surface area (Å²) in [6.45, 7) is 2.64. The fourth-order valence-corrected chi connectivity index (χ4v) is 1.99. The normalized spacial score (nSPS) is 10.3. The largest absolute Gasteiger partial charge is 0.493 e. The minimum Gasteiger partial charge on any atom is -0.493 e. The molecule has 106 valence electrons. The Balaban J connectivity index is 2.19. The summed E-state index contributed by atoms with van der Waals surface area (Å²) in [7, 11) is 0. The third kappa shape index (κ3) is 3.87. The Morgan fingerprint density at radius 3 is 2.55 bits per heavy atom. The van der Waals surface area contributed by atoms with Gasteiger partial charge in [-0.3, -0.25) is 0 Å². The zero-order valence-electron chi connectivity index (χ0n) is 11.0. The van der Waals surface area contributed by atoms with Crippen LogP contribution in [0.2, 0.25) is 0 Å². The maximum atomic E-state index is 13.2. The molecule has 3 nitrogen and oxygen atoms in total. The highest BCUT2D eigenvalue weighted by molar-refractivity contribution is 9.10. The summed E-state index contributed by atoms with van der Waals surface area (Å²) in [5.74, 6) is 1.39. The lowest BCUT2D eigenvalue weighted by Crippen LogP contribution is -1.97. The van der Waals surface area contributed by atoms with Gasteiger partial charge < -0.3 is 15.2 Å². The van der Waals surface area contributed by atoms with Gasteiger partial charge in [0.25, 0.3) is 0 Å². The van der Waals surface area contributed by atoms with Gasteiger partial charge in [-0.05, 0) is 40.5 Å². The van der Waals surface area contributed by atoms with Crippen molar-refractivity contribution in [2.75, 3.05) is 12.3 Å². The molecule has 2 aromatic rings. The Bertz CT molecular complexity index is 604. The first-order valence-corrected chi connectivity index (χ1v) is 7.04. The second kappa shape index (κ2) is 6.61. The average molecular weight is 340 g/mol. The van der Waals surface area contributed by atoms with Gasteiger partial charge in [-0.25, -0.2) is 4.39 Å². The van der Waals surface area contributed by atoms with Crippen molar-refractivity contribution >= 4 is 21.6 Å². The molecule has 5 heteroatoms. The van der Waals surface area contributed by atoms with E-state index in [1.165, 1.54) is 6.07 Å². The molecule has 0 unspecified atom stereocenters. The summed E-state index contributed by atoms with van der Waals surface area (Å²) < 4.78 is 24.7. The molecule has 0 amide bonds. The highest BCUT2D eigenvalue weighted by atomic mass is 79.9. The first-order valence-electron chi connectivity index (χ1n) is 6.24. The van der Waals surface area contributed by atoms with E-state index in [0.29, 0.717) is 34.0 Å². The number of hydrogen-bond donors (Lipinski definition) is 1. The van der Waals surface area contributed by atoms with E-state index >= 15 is 0 Å². The quantitative estimate of drug-likeness (QED) is 0.799. The van der Waals surface area contributed by atoms with E-state index in [9.17, 15) is 4.39 Å². The molecule has 0 saturated carbocycles. The van der Waals surface area contributed by atoms with Crippen LogP contribution in [0.25, 0.3) is 0 Å². The fourth-order valence-electron chi connectivity index (χ4n) is 1.63. The van der Waals surface area contributed by atoms with Crippen LogP contribution < -0.4 is 15.2 Å². The zero-order valence-corrected chi connectivity index (χ0v) is 12.6. The number of hydrogen-bond acceptors (Lipinski definition) is 3. The molecule has 0 atom stereocenters. The standard InChI is InChI=1S/C15H15BrFNO2/c1-2-5-19-12-6-10(18)7-13(8-12)20-11-3-4-15(17)14(16)9-11/h3-4,6-9H,2,5,18H2,1H3. The van der Waals surface area contributed by atoms with Crippen LogP contribution in [0.5, 0.6) is 17.2 Å². The molecule has 0 spiro atoms. The molecule has 0 aliphatic heterocycles. The van der Waals surface area contributed by atoms with E-state index in [1.807, 2.05) is 6.92 Å². The zero-order chi connectivity index (χ0) is 14.5. The predicted molar refractivity (Wildman–Crippen MR) is 80.8 cm³/mol. The topological polar surface area (TPSA) is 44.5 Å². The number of rotatable bonds is 5. The number of benzene rings is 2. The maximum absolute atomic E-state index is 13.2. The fraction of sp³-hybridized carbons (Fsp3) is 0.200. The van der Waals surface area contributed by atoms with Crippen molar-refractivity contribution in [3.63, 3.8) is 0 Å². The van der Waals surface area contributed by atoms with Crippen molar-refractivity contribution in [3.05, 3.63) is 46.7 Å². The predicted octanol–water partition coefficient (Wildman–Crippen LogP) is 4.75. The van der Waals surface area contributed by atoms with Gasteiger partial charge in [-0.2, -0.15) is 0 Å². The highest BCUT2D eigenvalue weighted by Crippen LogP contribution is 2.30. The molecule has 20 heavy (non-hydrogen) atoms. The number of halogens is 2. The SMILES string of the molecule is CCCOc1cc(N)cc(Oc2ccc(F)c(Br)c2)c1. The molecular weight excluding hydrogens is 325 g/mol. The van der Waals surface area contributed by atoms with Gasteiger partial charge in [0.05, 0.1) is 11.1 Å². The van der Waals surface area contributed by atoms with E-state index in [1.54, 1.807) is 30.3 Å². The number of ether oxygens (including phenoxy) is 2. The Hall–Kier alpha value is -1.75. The van der Waals surface area contributed by atoms with Crippen LogP contribution in [-0.4, -0.2) is 6.61 Å². The number of anilines is 1. The van der Waals surface area contributed by atoms with Crippen LogP contribution in [-0.2, 0) is 0 Å². The Morgan fingerprint density at radius 2 is 1.85 bits per heavy atom. The maximum Gasteiger partial charge on any atom is 0.137 e.